The maximum Gasteiger partial charge on any atom is 0.222 e. The van der Waals surface area contributed by atoms with Crippen LogP contribution in [-0.2, 0) is 4.79 Å². The first-order valence-corrected chi connectivity index (χ1v) is 5.80. The summed E-state index contributed by atoms with van der Waals surface area (Å²) in [4.78, 5) is 13.9. The monoisotopic (exact) mass is 282 g/mol. The molecule has 0 spiro atoms. The summed E-state index contributed by atoms with van der Waals surface area (Å²) in [5.74, 6) is 0.290. The number of halogens is 2. The summed E-state index contributed by atoms with van der Waals surface area (Å²) in [6, 6.07) is 0.720. The summed E-state index contributed by atoms with van der Waals surface area (Å²) in [6.07, 6.45) is 4.38. The van der Waals surface area contributed by atoms with E-state index in [4.69, 9.17) is 0 Å². The molecule has 1 aliphatic heterocycles. The molecule has 17 heavy (non-hydrogen) atoms. The molecule has 0 aromatic heterocycles. The molecule has 0 saturated carbocycles. The van der Waals surface area contributed by atoms with Crippen molar-refractivity contribution in [3.63, 3.8) is 0 Å². The number of allylic oxidation sites excluding steroid dienone is 1. The zero-order chi connectivity index (χ0) is 11.3. The highest BCUT2D eigenvalue weighted by Crippen LogP contribution is 2.11. The molecule has 1 amide bonds. The zero-order valence-corrected chi connectivity index (χ0v) is 12.3. The van der Waals surface area contributed by atoms with Gasteiger partial charge in [0.15, 0.2) is 0 Å². The van der Waals surface area contributed by atoms with E-state index < -0.39 is 0 Å². The van der Waals surface area contributed by atoms with Crippen LogP contribution in [0.2, 0.25) is 0 Å². The molecule has 1 rings (SSSR count). The van der Waals surface area contributed by atoms with Crippen LogP contribution in [-0.4, -0.2) is 36.0 Å². The lowest BCUT2D eigenvalue weighted by atomic mass is 10.1. The predicted molar refractivity (Wildman–Crippen MR) is 77.2 cm³/mol. The van der Waals surface area contributed by atoms with Crippen LogP contribution in [0.1, 0.15) is 33.1 Å². The first-order valence-electron chi connectivity index (χ1n) is 5.80. The molecule has 0 bridgehead atoms. The van der Waals surface area contributed by atoms with Crippen molar-refractivity contribution < 1.29 is 4.79 Å². The quantitative estimate of drug-likeness (QED) is 0.634. The van der Waals surface area contributed by atoms with Crippen molar-refractivity contribution in [2.75, 3.05) is 13.1 Å². The molecule has 0 aliphatic carbocycles. The van der Waals surface area contributed by atoms with E-state index in [2.05, 4.69) is 25.7 Å². The fourth-order valence-electron chi connectivity index (χ4n) is 1.95. The van der Waals surface area contributed by atoms with Gasteiger partial charge < -0.3 is 10.2 Å². The second-order valence-corrected chi connectivity index (χ2v) is 4.25. The number of hydrogen-bond donors (Lipinski definition) is 1. The molecule has 0 aromatic carbocycles. The summed E-state index contributed by atoms with van der Waals surface area (Å²) < 4.78 is 0. The molecular formula is C12H24Cl2N2O. The van der Waals surface area contributed by atoms with Crippen molar-refractivity contribution in [2.24, 2.45) is 0 Å². The Labute approximate surface area is 117 Å². The van der Waals surface area contributed by atoms with Crippen LogP contribution in [0.25, 0.3) is 0 Å². The number of unbranched alkanes of at least 4 members (excludes halogenated alkanes) is 1. The van der Waals surface area contributed by atoms with Gasteiger partial charge in [-0.05, 0) is 26.7 Å². The Morgan fingerprint density at radius 3 is 2.71 bits per heavy atom. The smallest absolute Gasteiger partial charge is 0.222 e. The standard InChI is InChI=1S/C12H22N2O.2ClH/c1-4-5-6-7-12(15)14-9-8-13-10(2)11(14)3;;/h4,10-11,13H,1,5-9H2,2-3H3;2*1H. The number of nitrogens with zero attached hydrogens (tertiary/aromatic N) is 1. The van der Waals surface area contributed by atoms with Gasteiger partial charge in [-0.3, -0.25) is 4.79 Å². The van der Waals surface area contributed by atoms with Gasteiger partial charge in [0.2, 0.25) is 5.91 Å². The molecule has 0 aromatic rings. The van der Waals surface area contributed by atoms with Crippen LogP contribution in [0.15, 0.2) is 12.7 Å². The normalized spacial score (nSPS) is 23.3. The van der Waals surface area contributed by atoms with E-state index in [-0.39, 0.29) is 30.7 Å². The highest BCUT2D eigenvalue weighted by Gasteiger charge is 2.27. The van der Waals surface area contributed by atoms with Crippen LogP contribution < -0.4 is 5.32 Å². The average molecular weight is 283 g/mol. The number of amides is 1. The van der Waals surface area contributed by atoms with Crippen molar-refractivity contribution in [3.8, 4) is 0 Å². The lowest BCUT2D eigenvalue weighted by molar-refractivity contribution is -0.134. The van der Waals surface area contributed by atoms with E-state index in [1.54, 1.807) is 0 Å². The van der Waals surface area contributed by atoms with Crippen LogP contribution in [0.3, 0.4) is 0 Å². The van der Waals surface area contributed by atoms with Gasteiger partial charge in [0.1, 0.15) is 0 Å². The molecule has 1 fully saturated rings. The third kappa shape index (κ3) is 5.75. The van der Waals surface area contributed by atoms with Gasteiger partial charge >= 0.3 is 0 Å². The summed E-state index contributed by atoms with van der Waals surface area (Å²) in [7, 11) is 0. The molecule has 1 N–H and O–H groups in total. The molecule has 1 saturated heterocycles. The Morgan fingerprint density at radius 1 is 1.47 bits per heavy atom. The first-order chi connectivity index (χ1) is 7.16. The molecule has 1 heterocycles. The maximum atomic E-state index is 11.9. The van der Waals surface area contributed by atoms with Gasteiger partial charge in [0, 0.05) is 31.6 Å². The van der Waals surface area contributed by atoms with Gasteiger partial charge in [-0.2, -0.15) is 0 Å². The molecule has 102 valence electrons. The predicted octanol–water partition coefficient (Wildman–Crippen LogP) is 2.40. The van der Waals surface area contributed by atoms with E-state index in [9.17, 15) is 4.79 Å². The first kappa shape index (κ1) is 19.1. The summed E-state index contributed by atoms with van der Waals surface area (Å²) in [5.41, 5.74) is 0. The molecule has 2 unspecified atom stereocenters. The van der Waals surface area contributed by atoms with Gasteiger partial charge in [-0.15, -0.1) is 31.4 Å². The summed E-state index contributed by atoms with van der Waals surface area (Å²) >= 11 is 0. The summed E-state index contributed by atoms with van der Waals surface area (Å²) in [6.45, 7) is 9.67. The average Bonchev–Trinajstić information content (AvgIpc) is 2.22. The van der Waals surface area contributed by atoms with Gasteiger partial charge in [-0.25, -0.2) is 0 Å². The summed E-state index contributed by atoms with van der Waals surface area (Å²) in [5, 5.41) is 3.37. The van der Waals surface area contributed by atoms with Gasteiger partial charge in [0.05, 0.1) is 0 Å². The van der Waals surface area contributed by atoms with Crippen LogP contribution in [0, 0.1) is 0 Å². The van der Waals surface area contributed by atoms with Crippen molar-refractivity contribution in [1.29, 1.82) is 0 Å². The fraction of sp³-hybridized carbons (Fsp3) is 0.750. The SMILES string of the molecule is C=CCCCC(=O)N1CCNC(C)C1C.Cl.Cl. The topological polar surface area (TPSA) is 32.3 Å². The van der Waals surface area contributed by atoms with Crippen molar-refractivity contribution >= 4 is 30.7 Å². The highest BCUT2D eigenvalue weighted by molar-refractivity contribution is 5.85. The Bertz CT molecular complexity index is 237. The number of hydrogen-bond acceptors (Lipinski definition) is 2. The number of carbonyl (C=O) groups is 1. The molecule has 2 atom stereocenters. The molecule has 3 nitrogen and oxygen atoms in total. The highest BCUT2D eigenvalue weighted by atomic mass is 35.5. The van der Waals surface area contributed by atoms with Crippen LogP contribution >= 0.6 is 24.8 Å². The minimum atomic E-state index is 0. The Kier molecular flexibility index (Phi) is 10.9. The van der Waals surface area contributed by atoms with E-state index in [0.29, 0.717) is 18.5 Å². The molecule has 1 aliphatic rings. The zero-order valence-electron chi connectivity index (χ0n) is 10.6. The van der Waals surface area contributed by atoms with Gasteiger partial charge in [-0.1, -0.05) is 6.08 Å². The van der Waals surface area contributed by atoms with Crippen molar-refractivity contribution in [3.05, 3.63) is 12.7 Å². The number of nitrogens with one attached hydrogen (secondary N) is 1. The van der Waals surface area contributed by atoms with E-state index >= 15 is 0 Å². The van der Waals surface area contributed by atoms with Crippen molar-refractivity contribution in [1.82, 2.24) is 10.2 Å². The van der Waals surface area contributed by atoms with Crippen LogP contribution in [0.4, 0.5) is 0 Å². The Hall–Kier alpha value is -0.250. The van der Waals surface area contributed by atoms with Crippen molar-refractivity contribution in [2.45, 2.75) is 45.2 Å². The molecule has 0 radical (unpaired) electrons. The maximum absolute atomic E-state index is 11.9. The second-order valence-electron chi connectivity index (χ2n) is 4.25. The molecule has 5 heteroatoms. The van der Waals surface area contributed by atoms with E-state index in [0.717, 1.165) is 25.9 Å². The largest absolute Gasteiger partial charge is 0.337 e. The van der Waals surface area contributed by atoms with E-state index in [1.807, 2.05) is 11.0 Å². The third-order valence-corrected chi connectivity index (χ3v) is 3.15. The fourth-order valence-corrected chi connectivity index (χ4v) is 1.95. The lowest BCUT2D eigenvalue weighted by Gasteiger charge is -2.38. The number of carbonyl (C=O) groups excluding carboxylic acids is 1. The van der Waals surface area contributed by atoms with Gasteiger partial charge in [0.25, 0.3) is 0 Å². The van der Waals surface area contributed by atoms with E-state index in [1.165, 1.54) is 0 Å². The third-order valence-electron chi connectivity index (χ3n) is 3.15. The minimum absolute atomic E-state index is 0. The minimum Gasteiger partial charge on any atom is -0.337 e. The Balaban J connectivity index is 0. The Morgan fingerprint density at radius 2 is 2.12 bits per heavy atom. The lowest BCUT2D eigenvalue weighted by Crippen LogP contribution is -2.57. The molecular weight excluding hydrogens is 259 g/mol. The number of piperazine rings is 1. The second kappa shape index (κ2) is 9.75. The number of rotatable bonds is 4. The van der Waals surface area contributed by atoms with Crippen LogP contribution in [0.5, 0.6) is 0 Å².